The van der Waals surface area contributed by atoms with Gasteiger partial charge in [0.25, 0.3) is 0 Å². The monoisotopic (exact) mass is 410 g/mol. The van der Waals surface area contributed by atoms with E-state index in [-0.39, 0.29) is 12.0 Å². The first-order valence-electron chi connectivity index (χ1n) is 10.2. The molecule has 1 heterocycles. The molecule has 3 rings (SSSR count). The van der Waals surface area contributed by atoms with Crippen LogP contribution in [0, 0.1) is 0 Å². The summed E-state index contributed by atoms with van der Waals surface area (Å²) in [6, 6.07) is 11.9. The molecule has 0 radical (unpaired) electrons. The van der Waals surface area contributed by atoms with Crippen LogP contribution in [0.1, 0.15) is 37.5 Å². The second-order valence-electron chi connectivity index (χ2n) is 7.29. The van der Waals surface area contributed by atoms with Gasteiger partial charge in [0.1, 0.15) is 17.6 Å². The number of hydrogen-bond acceptors (Lipinski definition) is 4. The molecule has 0 bridgehead atoms. The molecule has 0 saturated carbocycles. The van der Waals surface area contributed by atoms with Crippen molar-refractivity contribution >= 4 is 17.6 Å². The molecule has 0 aliphatic carbocycles. The number of fused-ring (bicyclic) bond motifs is 1. The molecule has 0 aromatic heterocycles. The normalized spacial score (nSPS) is 15.2. The standard InChI is InChI=1S/C23H30N4O3/c1-5-29-21-11-18-9-15(2)30-22(18)12-19(21)14-26-23(24-4)25-13-17-7-6-8-20(10-17)27-16(3)28/h6-8,10-12,15H,5,9,13-14H2,1-4H3,(H,27,28)(H2,24,25,26). The van der Waals surface area contributed by atoms with Gasteiger partial charge < -0.3 is 25.4 Å². The average Bonchev–Trinajstić information content (AvgIpc) is 3.07. The maximum Gasteiger partial charge on any atom is 0.221 e. The largest absolute Gasteiger partial charge is 0.494 e. The molecule has 7 nitrogen and oxygen atoms in total. The van der Waals surface area contributed by atoms with Crippen molar-refractivity contribution < 1.29 is 14.3 Å². The lowest BCUT2D eigenvalue weighted by molar-refractivity contribution is -0.114. The van der Waals surface area contributed by atoms with E-state index in [0.29, 0.717) is 25.7 Å². The maximum absolute atomic E-state index is 11.2. The summed E-state index contributed by atoms with van der Waals surface area (Å²) in [4.78, 5) is 15.5. The minimum absolute atomic E-state index is 0.0876. The zero-order valence-electron chi connectivity index (χ0n) is 18.0. The molecule has 0 spiro atoms. The summed E-state index contributed by atoms with van der Waals surface area (Å²) in [7, 11) is 1.74. The number of guanidine groups is 1. The van der Waals surface area contributed by atoms with Crippen LogP contribution in [-0.2, 0) is 24.3 Å². The number of aliphatic imine (C=N–C) groups is 1. The van der Waals surface area contributed by atoms with Crippen molar-refractivity contribution in [3.8, 4) is 11.5 Å². The van der Waals surface area contributed by atoms with E-state index in [0.717, 1.165) is 34.7 Å². The fourth-order valence-electron chi connectivity index (χ4n) is 3.46. The van der Waals surface area contributed by atoms with Crippen molar-refractivity contribution in [1.29, 1.82) is 0 Å². The molecule has 2 aromatic rings. The summed E-state index contributed by atoms with van der Waals surface area (Å²) in [5.74, 6) is 2.40. The number of ether oxygens (including phenoxy) is 2. The van der Waals surface area contributed by atoms with Gasteiger partial charge in [0.05, 0.1) is 6.61 Å². The number of hydrogen-bond donors (Lipinski definition) is 3. The van der Waals surface area contributed by atoms with Crippen molar-refractivity contribution in [2.75, 3.05) is 19.0 Å². The number of carbonyl (C=O) groups is 1. The number of carbonyl (C=O) groups excluding carboxylic acids is 1. The van der Waals surface area contributed by atoms with Crippen LogP contribution in [0.25, 0.3) is 0 Å². The molecule has 1 aliphatic heterocycles. The van der Waals surface area contributed by atoms with E-state index in [1.807, 2.05) is 31.2 Å². The molecule has 1 atom stereocenters. The van der Waals surface area contributed by atoms with Crippen LogP contribution in [0.5, 0.6) is 11.5 Å². The number of nitrogens with one attached hydrogen (secondary N) is 3. The van der Waals surface area contributed by atoms with Crippen molar-refractivity contribution in [2.45, 2.75) is 46.4 Å². The summed E-state index contributed by atoms with van der Waals surface area (Å²) in [6.45, 7) is 7.31. The van der Waals surface area contributed by atoms with E-state index in [1.165, 1.54) is 12.5 Å². The number of benzene rings is 2. The Hall–Kier alpha value is -3.22. The first kappa shape index (κ1) is 21.5. The zero-order valence-corrected chi connectivity index (χ0v) is 18.0. The molecule has 0 saturated heterocycles. The molecule has 2 aromatic carbocycles. The number of nitrogens with zero attached hydrogens (tertiary/aromatic N) is 1. The van der Waals surface area contributed by atoms with E-state index in [4.69, 9.17) is 9.47 Å². The highest BCUT2D eigenvalue weighted by Crippen LogP contribution is 2.35. The van der Waals surface area contributed by atoms with Crippen LogP contribution in [0.15, 0.2) is 41.4 Å². The third-order valence-corrected chi connectivity index (χ3v) is 4.76. The summed E-state index contributed by atoms with van der Waals surface area (Å²) in [5, 5.41) is 9.44. The fourth-order valence-corrected chi connectivity index (χ4v) is 3.46. The smallest absolute Gasteiger partial charge is 0.221 e. The van der Waals surface area contributed by atoms with E-state index in [2.05, 4.69) is 40.0 Å². The lowest BCUT2D eigenvalue weighted by Gasteiger charge is -2.16. The number of amides is 1. The Kier molecular flexibility index (Phi) is 7.17. The van der Waals surface area contributed by atoms with E-state index < -0.39 is 0 Å². The Labute approximate surface area is 177 Å². The Morgan fingerprint density at radius 3 is 2.77 bits per heavy atom. The Morgan fingerprint density at radius 1 is 1.23 bits per heavy atom. The van der Waals surface area contributed by atoms with Crippen molar-refractivity contribution in [2.24, 2.45) is 4.99 Å². The van der Waals surface area contributed by atoms with Gasteiger partial charge in [0.2, 0.25) is 5.91 Å². The van der Waals surface area contributed by atoms with Crippen molar-refractivity contribution in [3.63, 3.8) is 0 Å². The van der Waals surface area contributed by atoms with Gasteiger partial charge in [0, 0.05) is 50.3 Å². The molecule has 1 aliphatic rings. The lowest BCUT2D eigenvalue weighted by Crippen LogP contribution is -2.36. The highest BCUT2D eigenvalue weighted by Gasteiger charge is 2.21. The second kappa shape index (κ2) is 10.0. The van der Waals surface area contributed by atoms with Gasteiger partial charge in [-0.1, -0.05) is 12.1 Å². The molecule has 3 N–H and O–H groups in total. The number of rotatable bonds is 7. The molecule has 0 fully saturated rings. The topological polar surface area (TPSA) is 84.0 Å². The number of anilines is 1. The molecule has 1 unspecified atom stereocenters. The van der Waals surface area contributed by atoms with E-state index >= 15 is 0 Å². The minimum Gasteiger partial charge on any atom is -0.494 e. The molecule has 7 heteroatoms. The highest BCUT2D eigenvalue weighted by atomic mass is 16.5. The van der Waals surface area contributed by atoms with Gasteiger partial charge in [-0.2, -0.15) is 0 Å². The highest BCUT2D eigenvalue weighted by molar-refractivity contribution is 5.88. The van der Waals surface area contributed by atoms with Gasteiger partial charge in [-0.25, -0.2) is 0 Å². The Bertz CT molecular complexity index is 927. The van der Waals surface area contributed by atoms with Crippen molar-refractivity contribution in [3.05, 3.63) is 53.1 Å². The van der Waals surface area contributed by atoms with Crippen LogP contribution >= 0.6 is 0 Å². The summed E-state index contributed by atoms with van der Waals surface area (Å²) >= 11 is 0. The van der Waals surface area contributed by atoms with Gasteiger partial charge in [-0.3, -0.25) is 9.79 Å². The van der Waals surface area contributed by atoms with Crippen molar-refractivity contribution in [1.82, 2.24) is 10.6 Å². The van der Waals surface area contributed by atoms with E-state index in [9.17, 15) is 4.79 Å². The average molecular weight is 411 g/mol. The molecule has 30 heavy (non-hydrogen) atoms. The third kappa shape index (κ3) is 5.65. The van der Waals surface area contributed by atoms with Gasteiger partial charge in [0.15, 0.2) is 5.96 Å². The van der Waals surface area contributed by atoms with Gasteiger partial charge >= 0.3 is 0 Å². The SMILES string of the molecule is CCOc1cc2c(cc1CNC(=NC)NCc1cccc(NC(C)=O)c1)OC(C)C2. The quantitative estimate of drug-likeness (QED) is 0.482. The zero-order chi connectivity index (χ0) is 21.5. The molecule has 160 valence electrons. The molecular formula is C23H30N4O3. The first-order valence-corrected chi connectivity index (χ1v) is 10.2. The fraction of sp³-hybridized carbons (Fsp3) is 0.391. The summed E-state index contributed by atoms with van der Waals surface area (Å²) in [5.41, 5.74) is 4.04. The van der Waals surface area contributed by atoms with Crippen LogP contribution in [0.2, 0.25) is 0 Å². The third-order valence-electron chi connectivity index (χ3n) is 4.76. The van der Waals surface area contributed by atoms with Gasteiger partial charge in [-0.05, 0) is 43.7 Å². The lowest BCUT2D eigenvalue weighted by atomic mass is 10.1. The van der Waals surface area contributed by atoms with Crippen LogP contribution in [0.3, 0.4) is 0 Å². The first-order chi connectivity index (χ1) is 14.5. The second-order valence-corrected chi connectivity index (χ2v) is 7.29. The minimum atomic E-state index is -0.0876. The predicted octanol–water partition coefficient (Wildman–Crippen LogP) is 3.23. The Morgan fingerprint density at radius 2 is 2.03 bits per heavy atom. The Balaban J connectivity index is 1.62. The predicted molar refractivity (Wildman–Crippen MR) is 119 cm³/mol. The maximum atomic E-state index is 11.2. The van der Waals surface area contributed by atoms with E-state index in [1.54, 1.807) is 7.05 Å². The summed E-state index contributed by atoms with van der Waals surface area (Å²) < 4.78 is 11.7. The molecule has 1 amide bonds. The van der Waals surface area contributed by atoms with Crippen LogP contribution in [-0.4, -0.2) is 31.6 Å². The van der Waals surface area contributed by atoms with Crippen LogP contribution < -0.4 is 25.4 Å². The summed E-state index contributed by atoms with van der Waals surface area (Å²) in [6.07, 6.45) is 1.10. The van der Waals surface area contributed by atoms with Crippen LogP contribution in [0.4, 0.5) is 5.69 Å². The van der Waals surface area contributed by atoms with Gasteiger partial charge in [-0.15, -0.1) is 0 Å². The molecular weight excluding hydrogens is 380 g/mol.